The van der Waals surface area contributed by atoms with Crippen LogP contribution in [0.4, 0.5) is 0 Å². The summed E-state index contributed by atoms with van der Waals surface area (Å²) >= 11 is 0. The SMILES string of the molecule is CCCS(=O)(=O)N1CCC(NC2CCCCC2OC)CC1. The van der Waals surface area contributed by atoms with Crippen molar-refractivity contribution >= 4 is 10.0 Å². The lowest BCUT2D eigenvalue weighted by Gasteiger charge is -2.37. The van der Waals surface area contributed by atoms with E-state index in [4.69, 9.17) is 4.74 Å². The first-order valence-electron chi connectivity index (χ1n) is 8.33. The van der Waals surface area contributed by atoms with Crippen LogP contribution in [0.5, 0.6) is 0 Å². The van der Waals surface area contributed by atoms with Gasteiger partial charge >= 0.3 is 0 Å². The fourth-order valence-corrected chi connectivity index (χ4v) is 5.10. The van der Waals surface area contributed by atoms with Gasteiger partial charge in [0.25, 0.3) is 0 Å². The van der Waals surface area contributed by atoms with Gasteiger partial charge < -0.3 is 10.1 Å². The first-order valence-corrected chi connectivity index (χ1v) is 9.94. The molecule has 0 bridgehead atoms. The Kier molecular flexibility index (Phi) is 6.47. The van der Waals surface area contributed by atoms with Gasteiger partial charge in [0.15, 0.2) is 0 Å². The molecule has 6 heteroatoms. The summed E-state index contributed by atoms with van der Waals surface area (Å²) in [5.41, 5.74) is 0. The number of sulfonamides is 1. The van der Waals surface area contributed by atoms with Gasteiger partial charge in [-0.25, -0.2) is 12.7 Å². The number of hydrogen-bond acceptors (Lipinski definition) is 4. The largest absolute Gasteiger partial charge is 0.380 e. The van der Waals surface area contributed by atoms with E-state index in [-0.39, 0.29) is 5.75 Å². The average Bonchev–Trinajstić information content (AvgIpc) is 2.48. The molecule has 21 heavy (non-hydrogen) atoms. The summed E-state index contributed by atoms with van der Waals surface area (Å²) < 4.78 is 31.4. The van der Waals surface area contributed by atoms with E-state index < -0.39 is 10.0 Å². The number of rotatable bonds is 6. The van der Waals surface area contributed by atoms with Crippen molar-refractivity contribution in [2.24, 2.45) is 0 Å². The average molecular weight is 318 g/mol. The number of nitrogens with zero attached hydrogens (tertiary/aromatic N) is 1. The Labute approximate surface area is 129 Å². The van der Waals surface area contributed by atoms with Gasteiger partial charge in [-0.05, 0) is 32.1 Å². The van der Waals surface area contributed by atoms with Crippen LogP contribution in [-0.2, 0) is 14.8 Å². The van der Waals surface area contributed by atoms with Crippen LogP contribution in [0, 0.1) is 0 Å². The molecule has 124 valence electrons. The molecule has 1 saturated heterocycles. The molecule has 2 atom stereocenters. The lowest BCUT2D eigenvalue weighted by atomic mass is 9.91. The number of ether oxygens (including phenoxy) is 1. The molecule has 0 aromatic carbocycles. The van der Waals surface area contributed by atoms with Crippen molar-refractivity contribution in [3.05, 3.63) is 0 Å². The molecule has 5 nitrogen and oxygen atoms in total. The minimum atomic E-state index is -3.02. The van der Waals surface area contributed by atoms with E-state index in [1.165, 1.54) is 19.3 Å². The van der Waals surface area contributed by atoms with E-state index in [0.717, 1.165) is 19.3 Å². The van der Waals surface area contributed by atoms with E-state index in [2.05, 4.69) is 5.32 Å². The van der Waals surface area contributed by atoms with Crippen LogP contribution in [-0.4, -0.2) is 56.9 Å². The smallest absolute Gasteiger partial charge is 0.214 e. The number of nitrogens with one attached hydrogen (secondary N) is 1. The van der Waals surface area contributed by atoms with E-state index >= 15 is 0 Å². The molecular formula is C15H30N2O3S. The van der Waals surface area contributed by atoms with Gasteiger partial charge in [-0.1, -0.05) is 19.8 Å². The fraction of sp³-hybridized carbons (Fsp3) is 1.00. The third kappa shape index (κ3) is 4.65. The van der Waals surface area contributed by atoms with Crippen molar-refractivity contribution in [3.63, 3.8) is 0 Å². The zero-order valence-corrected chi connectivity index (χ0v) is 14.2. The second kappa shape index (κ2) is 7.90. The molecule has 0 radical (unpaired) electrons. The maximum Gasteiger partial charge on any atom is 0.214 e. The second-order valence-electron chi connectivity index (χ2n) is 6.32. The number of piperidine rings is 1. The maximum atomic E-state index is 12.1. The Morgan fingerprint density at radius 1 is 1.14 bits per heavy atom. The lowest BCUT2D eigenvalue weighted by molar-refractivity contribution is 0.0351. The third-order valence-electron chi connectivity index (χ3n) is 4.76. The first kappa shape index (κ1) is 17.2. The van der Waals surface area contributed by atoms with Gasteiger partial charge in [-0.2, -0.15) is 0 Å². The van der Waals surface area contributed by atoms with Gasteiger partial charge in [0.05, 0.1) is 11.9 Å². The van der Waals surface area contributed by atoms with Crippen LogP contribution >= 0.6 is 0 Å². The summed E-state index contributed by atoms with van der Waals surface area (Å²) in [7, 11) is -1.23. The molecule has 0 aromatic heterocycles. The van der Waals surface area contributed by atoms with Gasteiger partial charge in [-0.3, -0.25) is 0 Å². The topological polar surface area (TPSA) is 58.6 Å². The summed E-state index contributed by atoms with van der Waals surface area (Å²) in [4.78, 5) is 0. The van der Waals surface area contributed by atoms with Gasteiger partial charge in [0.2, 0.25) is 10.0 Å². The predicted molar refractivity (Wildman–Crippen MR) is 84.9 cm³/mol. The first-order chi connectivity index (χ1) is 10.1. The highest BCUT2D eigenvalue weighted by Gasteiger charge is 2.31. The van der Waals surface area contributed by atoms with E-state index in [1.807, 2.05) is 6.92 Å². The van der Waals surface area contributed by atoms with Gasteiger partial charge in [0.1, 0.15) is 0 Å². The molecule has 2 unspecified atom stereocenters. The van der Waals surface area contributed by atoms with Crippen molar-refractivity contribution in [2.75, 3.05) is 26.0 Å². The van der Waals surface area contributed by atoms with Crippen LogP contribution < -0.4 is 5.32 Å². The van der Waals surface area contributed by atoms with Crippen LogP contribution in [0.2, 0.25) is 0 Å². The quantitative estimate of drug-likeness (QED) is 0.810. The maximum absolute atomic E-state index is 12.1. The molecule has 1 N–H and O–H groups in total. The molecule has 2 fully saturated rings. The predicted octanol–water partition coefficient (Wildman–Crippen LogP) is 1.74. The highest BCUT2D eigenvalue weighted by atomic mass is 32.2. The van der Waals surface area contributed by atoms with Gasteiger partial charge in [0, 0.05) is 32.3 Å². The molecule has 2 aliphatic rings. The Morgan fingerprint density at radius 2 is 1.81 bits per heavy atom. The van der Waals surface area contributed by atoms with E-state index in [0.29, 0.717) is 37.7 Å². The molecule has 1 heterocycles. The zero-order chi connectivity index (χ0) is 15.3. The minimum Gasteiger partial charge on any atom is -0.380 e. The molecule has 0 aromatic rings. The van der Waals surface area contributed by atoms with Crippen molar-refractivity contribution in [1.82, 2.24) is 9.62 Å². The highest BCUT2D eigenvalue weighted by Crippen LogP contribution is 2.23. The fourth-order valence-electron chi connectivity index (χ4n) is 3.56. The monoisotopic (exact) mass is 318 g/mol. The lowest BCUT2D eigenvalue weighted by Crippen LogP contribution is -2.52. The van der Waals surface area contributed by atoms with E-state index in [9.17, 15) is 8.42 Å². The number of hydrogen-bond donors (Lipinski definition) is 1. The Balaban J connectivity index is 1.81. The normalized spacial score (nSPS) is 29.6. The summed E-state index contributed by atoms with van der Waals surface area (Å²) in [6, 6.07) is 0.867. The molecule has 0 spiro atoms. The minimum absolute atomic E-state index is 0.277. The Hall–Kier alpha value is -0.170. The highest BCUT2D eigenvalue weighted by molar-refractivity contribution is 7.89. The summed E-state index contributed by atoms with van der Waals surface area (Å²) in [5, 5.41) is 3.72. The molecule has 1 aliphatic heterocycles. The van der Waals surface area contributed by atoms with Crippen molar-refractivity contribution < 1.29 is 13.2 Å². The molecule has 0 amide bonds. The standard InChI is InChI=1S/C15H30N2O3S/c1-3-12-21(18,19)17-10-8-13(9-11-17)16-14-6-4-5-7-15(14)20-2/h13-16H,3-12H2,1-2H3. The summed E-state index contributed by atoms with van der Waals surface area (Å²) in [6.07, 6.45) is 7.67. The third-order valence-corrected chi connectivity index (χ3v) is 6.84. The molecular weight excluding hydrogens is 288 g/mol. The van der Waals surface area contributed by atoms with Crippen molar-refractivity contribution in [2.45, 2.75) is 70.1 Å². The Bertz CT molecular complexity index is 405. The van der Waals surface area contributed by atoms with Crippen molar-refractivity contribution in [1.29, 1.82) is 0 Å². The molecule has 1 aliphatic carbocycles. The van der Waals surface area contributed by atoms with Crippen LogP contribution in [0.3, 0.4) is 0 Å². The zero-order valence-electron chi connectivity index (χ0n) is 13.4. The Morgan fingerprint density at radius 3 is 2.43 bits per heavy atom. The van der Waals surface area contributed by atoms with E-state index in [1.54, 1.807) is 11.4 Å². The second-order valence-corrected chi connectivity index (χ2v) is 8.41. The summed E-state index contributed by atoms with van der Waals surface area (Å²) in [5.74, 6) is 0.277. The van der Waals surface area contributed by atoms with Gasteiger partial charge in [-0.15, -0.1) is 0 Å². The molecule has 1 saturated carbocycles. The summed E-state index contributed by atoms with van der Waals surface area (Å²) in [6.45, 7) is 3.23. The van der Waals surface area contributed by atoms with Crippen LogP contribution in [0.15, 0.2) is 0 Å². The van der Waals surface area contributed by atoms with Crippen LogP contribution in [0.1, 0.15) is 51.9 Å². The van der Waals surface area contributed by atoms with Crippen LogP contribution in [0.25, 0.3) is 0 Å². The number of methoxy groups -OCH3 is 1. The van der Waals surface area contributed by atoms with Crippen molar-refractivity contribution in [3.8, 4) is 0 Å². The molecule has 2 rings (SSSR count).